The van der Waals surface area contributed by atoms with E-state index in [0.717, 1.165) is 17.9 Å². The van der Waals surface area contributed by atoms with Crippen molar-refractivity contribution < 1.29 is 4.40 Å². The number of thiazole rings is 1. The molecule has 0 saturated carbocycles. The van der Waals surface area contributed by atoms with Gasteiger partial charge < -0.3 is 0 Å². The van der Waals surface area contributed by atoms with Gasteiger partial charge in [-0.1, -0.05) is 17.4 Å². The van der Waals surface area contributed by atoms with Crippen LogP contribution in [0.4, 0.5) is 0 Å². The van der Waals surface area contributed by atoms with E-state index >= 15 is 0 Å². The SMILES string of the molecule is c1cnc2c(c1)Cn1c[n+]3c(sc4cccnc43)c1-2. The van der Waals surface area contributed by atoms with Crippen molar-refractivity contribution in [2.24, 2.45) is 0 Å². The minimum atomic E-state index is 0.904. The van der Waals surface area contributed by atoms with Gasteiger partial charge in [-0.15, -0.1) is 4.98 Å². The predicted molar refractivity (Wildman–Crippen MR) is 73.1 cm³/mol. The highest BCUT2D eigenvalue weighted by Gasteiger charge is 2.30. The molecule has 0 fully saturated rings. The largest absolute Gasteiger partial charge is 0.285 e. The van der Waals surface area contributed by atoms with Crippen LogP contribution in [0.15, 0.2) is 43.0 Å². The van der Waals surface area contributed by atoms with E-state index in [-0.39, 0.29) is 0 Å². The minimum Gasteiger partial charge on any atom is -0.255 e. The van der Waals surface area contributed by atoms with Crippen LogP contribution in [-0.2, 0) is 6.54 Å². The Morgan fingerprint density at radius 1 is 1.16 bits per heavy atom. The van der Waals surface area contributed by atoms with Gasteiger partial charge in [0.05, 0.1) is 6.54 Å². The van der Waals surface area contributed by atoms with Crippen LogP contribution in [0.5, 0.6) is 0 Å². The molecule has 5 heterocycles. The third-order valence-electron chi connectivity index (χ3n) is 3.61. The molecule has 0 atom stereocenters. The summed E-state index contributed by atoms with van der Waals surface area (Å²) in [6.07, 6.45) is 5.85. The Hall–Kier alpha value is -2.27. The van der Waals surface area contributed by atoms with Crippen LogP contribution in [0.25, 0.3) is 26.6 Å². The smallest absolute Gasteiger partial charge is 0.255 e. The minimum absolute atomic E-state index is 0.904. The molecule has 0 N–H and O–H groups in total. The van der Waals surface area contributed by atoms with E-state index in [0.29, 0.717) is 0 Å². The molecular weight excluding hydrogens is 256 g/mol. The summed E-state index contributed by atoms with van der Waals surface area (Å²) >= 11 is 1.78. The summed E-state index contributed by atoms with van der Waals surface area (Å²) in [4.78, 5) is 10.3. The number of hydrogen-bond acceptors (Lipinski definition) is 3. The van der Waals surface area contributed by atoms with E-state index in [1.807, 2.05) is 24.5 Å². The number of hydrogen-bond donors (Lipinski definition) is 0. The van der Waals surface area contributed by atoms with E-state index in [2.05, 4.69) is 37.4 Å². The summed E-state index contributed by atoms with van der Waals surface area (Å²) in [5.74, 6) is 0. The van der Waals surface area contributed by atoms with Crippen molar-refractivity contribution in [3.63, 3.8) is 0 Å². The molecule has 5 rings (SSSR count). The van der Waals surface area contributed by atoms with Crippen molar-refractivity contribution in [3.8, 4) is 11.4 Å². The number of aromatic nitrogens is 4. The lowest BCUT2D eigenvalue weighted by molar-refractivity contribution is -0.480. The van der Waals surface area contributed by atoms with Crippen molar-refractivity contribution in [2.75, 3.05) is 0 Å². The van der Waals surface area contributed by atoms with Crippen LogP contribution in [0.2, 0.25) is 0 Å². The van der Waals surface area contributed by atoms with Gasteiger partial charge in [0, 0.05) is 11.8 Å². The van der Waals surface area contributed by atoms with Crippen LogP contribution >= 0.6 is 11.3 Å². The second-order valence-corrected chi connectivity index (χ2v) is 5.74. The topological polar surface area (TPSA) is 34.8 Å². The number of nitrogens with zero attached hydrogens (tertiary/aromatic N) is 4. The highest BCUT2D eigenvalue weighted by Crippen LogP contribution is 2.35. The van der Waals surface area contributed by atoms with E-state index in [1.54, 1.807) is 11.3 Å². The zero-order chi connectivity index (χ0) is 12.4. The van der Waals surface area contributed by atoms with E-state index in [4.69, 9.17) is 0 Å². The van der Waals surface area contributed by atoms with Gasteiger partial charge in [-0.05, 0) is 18.2 Å². The molecule has 4 aromatic heterocycles. The van der Waals surface area contributed by atoms with Crippen LogP contribution in [-0.4, -0.2) is 14.5 Å². The van der Waals surface area contributed by atoms with Gasteiger partial charge in [0.2, 0.25) is 4.83 Å². The Morgan fingerprint density at radius 2 is 2.05 bits per heavy atom. The molecule has 1 aliphatic rings. The molecule has 0 radical (unpaired) electrons. The first-order chi connectivity index (χ1) is 9.42. The Balaban J connectivity index is 1.97. The zero-order valence-electron chi connectivity index (χ0n) is 9.95. The van der Waals surface area contributed by atoms with Gasteiger partial charge in [0.1, 0.15) is 16.6 Å². The lowest BCUT2D eigenvalue weighted by atomic mass is 10.2. The van der Waals surface area contributed by atoms with Gasteiger partial charge in [-0.3, -0.25) is 9.55 Å². The van der Waals surface area contributed by atoms with Gasteiger partial charge in [0.15, 0.2) is 12.0 Å². The molecule has 4 aromatic rings. The molecular formula is C14H9N4S+. The fourth-order valence-corrected chi connectivity index (χ4v) is 3.94. The molecule has 0 unspecified atom stereocenters. The van der Waals surface area contributed by atoms with Crippen molar-refractivity contribution in [2.45, 2.75) is 6.54 Å². The molecule has 0 aliphatic carbocycles. The highest BCUT2D eigenvalue weighted by molar-refractivity contribution is 7.23. The maximum atomic E-state index is 4.55. The van der Waals surface area contributed by atoms with Gasteiger partial charge >= 0.3 is 0 Å². The van der Waals surface area contributed by atoms with Crippen molar-refractivity contribution in [1.82, 2.24) is 14.5 Å². The molecule has 90 valence electrons. The summed E-state index contributed by atoms with van der Waals surface area (Å²) in [5, 5.41) is 0. The second kappa shape index (κ2) is 3.19. The van der Waals surface area contributed by atoms with Crippen molar-refractivity contribution >= 4 is 26.5 Å². The third-order valence-corrected chi connectivity index (χ3v) is 4.73. The van der Waals surface area contributed by atoms with Gasteiger partial charge in [0.25, 0.3) is 5.65 Å². The Bertz CT molecular complexity index is 951. The Kier molecular flexibility index (Phi) is 1.62. The molecule has 0 saturated heterocycles. The third kappa shape index (κ3) is 1.11. The summed E-state index contributed by atoms with van der Waals surface area (Å²) in [6.45, 7) is 0.904. The first-order valence-electron chi connectivity index (χ1n) is 6.14. The van der Waals surface area contributed by atoms with E-state index < -0.39 is 0 Å². The molecule has 1 aliphatic heterocycles. The molecule has 0 amide bonds. The van der Waals surface area contributed by atoms with Crippen LogP contribution in [0.3, 0.4) is 0 Å². The predicted octanol–water partition coefficient (Wildman–Crippen LogP) is 2.26. The standard InChI is InChI=1S/C14H9N4S/c1-3-9-7-17-8-18-13-10(4-2-6-16-13)19-14(18)12(17)11(9)15-5-1/h1-6,8H,7H2/q+1. The quantitative estimate of drug-likeness (QED) is 0.403. The fourth-order valence-electron chi connectivity index (χ4n) is 2.80. The van der Waals surface area contributed by atoms with E-state index in [1.165, 1.54) is 20.8 Å². The molecule has 0 aromatic carbocycles. The monoisotopic (exact) mass is 265 g/mol. The maximum Gasteiger partial charge on any atom is 0.285 e. The number of imidazole rings is 1. The number of rotatable bonds is 0. The maximum absolute atomic E-state index is 4.55. The molecule has 0 spiro atoms. The Labute approximate surface area is 112 Å². The summed E-state index contributed by atoms with van der Waals surface area (Å²) in [7, 11) is 0. The Morgan fingerprint density at radius 3 is 3.05 bits per heavy atom. The summed E-state index contributed by atoms with van der Waals surface area (Å²) < 4.78 is 5.65. The first-order valence-corrected chi connectivity index (χ1v) is 6.96. The highest BCUT2D eigenvalue weighted by atomic mass is 32.1. The number of fused-ring (bicyclic) bond motifs is 7. The first kappa shape index (κ1) is 9.63. The van der Waals surface area contributed by atoms with Gasteiger partial charge in [-0.2, -0.15) is 4.40 Å². The van der Waals surface area contributed by atoms with E-state index in [9.17, 15) is 0 Å². The number of pyridine rings is 2. The zero-order valence-corrected chi connectivity index (χ0v) is 10.8. The average Bonchev–Trinajstić information content (AvgIpc) is 3.05. The molecule has 19 heavy (non-hydrogen) atoms. The fraction of sp³-hybridized carbons (Fsp3) is 0.0714. The lowest BCUT2D eigenvalue weighted by Gasteiger charge is -1.92. The normalized spacial score (nSPS) is 13.1. The summed E-state index contributed by atoms with van der Waals surface area (Å²) in [6, 6.07) is 8.25. The lowest BCUT2D eigenvalue weighted by Crippen LogP contribution is -2.17. The van der Waals surface area contributed by atoms with Crippen LogP contribution in [0, 0.1) is 0 Å². The van der Waals surface area contributed by atoms with Crippen LogP contribution in [0.1, 0.15) is 5.56 Å². The van der Waals surface area contributed by atoms with Gasteiger partial charge in [-0.25, -0.2) is 0 Å². The van der Waals surface area contributed by atoms with Crippen molar-refractivity contribution in [3.05, 3.63) is 48.5 Å². The van der Waals surface area contributed by atoms with Crippen LogP contribution < -0.4 is 4.40 Å². The average molecular weight is 265 g/mol. The van der Waals surface area contributed by atoms with Crippen molar-refractivity contribution in [1.29, 1.82) is 0 Å². The molecule has 4 nitrogen and oxygen atoms in total. The second-order valence-electron chi connectivity index (χ2n) is 4.71. The summed E-state index contributed by atoms with van der Waals surface area (Å²) in [5.41, 5.74) is 4.66. The molecule has 0 bridgehead atoms. The molecule has 5 heteroatoms.